The minimum absolute atomic E-state index is 0.0788. The number of carboxylic acid groups (broad SMARTS) is 1. The van der Waals surface area contributed by atoms with Crippen LogP contribution in [0.25, 0.3) is 0 Å². The van der Waals surface area contributed by atoms with Gasteiger partial charge in [-0.05, 0) is 92.4 Å². The molecule has 2 aromatic carbocycles. The van der Waals surface area contributed by atoms with E-state index in [4.69, 9.17) is 19.9 Å². The van der Waals surface area contributed by atoms with Crippen molar-refractivity contribution in [2.75, 3.05) is 53.3 Å². The topological polar surface area (TPSA) is 364 Å². The second-order valence-corrected chi connectivity index (χ2v) is 26.1. The quantitative estimate of drug-likeness (QED) is 0.0314. The Morgan fingerprint density at radius 3 is 1.91 bits per heavy atom. The van der Waals surface area contributed by atoms with Crippen molar-refractivity contribution >= 4 is 76.9 Å². The summed E-state index contributed by atoms with van der Waals surface area (Å²) in [5.74, 6) is -8.44. The standard InChI is InChI=1S/C69H105N11O16/c1-15-43(8)60(51(94-13)38-55(84)79-37-23-27-50(79)61(95-14)44(9)62(85)72-45(10)56(67(90)91)47-24-18-16-19-25-47)77(11)66(89)58(41(4)5)76-65(88)59(42(6)7)78(12)69(93)96-39-46-29-31-48(32-30-46)73-63(86)49(26-22-35-71-68(70)92)74-64(87)57(40(2)3)75-52(81)28-20-17-21-36-80-53(82)33-34-54(80)83/h16,18-19,24-25,29-34,40-45,49-51,56-61H,15,17,20-23,26-28,35-39H2,1-14H3,(H,72,85)(H,73,86)(H,74,87)(H,75,81)(H,76,88)(H,90,91)(H3,70,71,92)/t43-,44+,45+,49-,50-,51+,56+,57-,58-,59-,60-,61+/m0/s1. The molecule has 2 aliphatic heterocycles. The van der Waals surface area contributed by atoms with Gasteiger partial charge in [0.2, 0.25) is 41.4 Å². The summed E-state index contributed by atoms with van der Waals surface area (Å²) in [6, 6.07) is 8.02. The van der Waals surface area contributed by atoms with Crippen molar-refractivity contribution in [3.05, 3.63) is 77.9 Å². The van der Waals surface area contributed by atoms with E-state index in [2.05, 4.69) is 31.9 Å². The Labute approximate surface area is 564 Å². The molecule has 532 valence electrons. The number of likely N-dealkylation sites (N-methyl/N-ethyl adjacent to an activating group) is 2. The number of methoxy groups -OCH3 is 2. The van der Waals surface area contributed by atoms with Crippen LogP contribution in [0.15, 0.2) is 66.7 Å². The van der Waals surface area contributed by atoms with E-state index in [0.29, 0.717) is 61.9 Å². The third kappa shape index (κ3) is 23.1. The number of nitrogens with zero attached hydrogens (tertiary/aromatic N) is 4. The summed E-state index contributed by atoms with van der Waals surface area (Å²) in [4.78, 5) is 165. The highest BCUT2D eigenvalue weighted by Gasteiger charge is 2.44. The second-order valence-electron chi connectivity index (χ2n) is 26.1. The summed E-state index contributed by atoms with van der Waals surface area (Å²) in [5, 5.41) is 26.7. The van der Waals surface area contributed by atoms with Gasteiger partial charge in [0, 0.05) is 78.3 Å². The smallest absolute Gasteiger partial charge is 0.410 e. The first-order chi connectivity index (χ1) is 45.4. The van der Waals surface area contributed by atoms with E-state index < -0.39 is 132 Å². The van der Waals surface area contributed by atoms with Gasteiger partial charge in [-0.3, -0.25) is 57.7 Å². The number of imide groups is 1. The zero-order valence-corrected chi connectivity index (χ0v) is 58.3. The Balaban J connectivity index is 1.38. The molecule has 0 saturated carbocycles. The Bertz CT molecular complexity index is 2980. The van der Waals surface area contributed by atoms with Crippen molar-refractivity contribution in [3.63, 3.8) is 0 Å². The molecule has 0 unspecified atom stereocenters. The van der Waals surface area contributed by atoms with Crippen molar-refractivity contribution in [2.45, 2.75) is 200 Å². The molecule has 4 rings (SSSR count). The molecule has 2 aliphatic rings. The molecule has 1 saturated heterocycles. The number of rotatable bonds is 39. The predicted octanol–water partition coefficient (Wildman–Crippen LogP) is 5.21. The van der Waals surface area contributed by atoms with Crippen molar-refractivity contribution in [3.8, 4) is 0 Å². The number of carbonyl (C=O) groups is 12. The van der Waals surface area contributed by atoms with E-state index in [1.165, 1.54) is 38.3 Å². The molecular weight excluding hydrogens is 1240 g/mol. The number of amides is 12. The van der Waals surface area contributed by atoms with E-state index in [1.54, 1.807) is 122 Å². The number of nitrogens with one attached hydrogen (secondary N) is 6. The molecule has 0 bridgehead atoms. The van der Waals surface area contributed by atoms with Crippen LogP contribution in [0.2, 0.25) is 0 Å². The van der Waals surface area contributed by atoms with Gasteiger partial charge in [-0.25, -0.2) is 9.59 Å². The number of likely N-dealkylation sites (tertiary alicyclic amines) is 1. The number of benzene rings is 2. The third-order valence-corrected chi connectivity index (χ3v) is 18.0. The van der Waals surface area contributed by atoms with Crippen LogP contribution in [0.4, 0.5) is 15.3 Å². The number of hydrogen-bond donors (Lipinski definition) is 8. The fourth-order valence-corrected chi connectivity index (χ4v) is 12.4. The van der Waals surface area contributed by atoms with E-state index >= 15 is 0 Å². The second kappa shape index (κ2) is 38.9. The van der Waals surface area contributed by atoms with Crippen molar-refractivity contribution in [1.29, 1.82) is 0 Å². The number of anilines is 1. The molecule has 0 aliphatic carbocycles. The van der Waals surface area contributed by atoms with Crippen LogP contribution < -0.4 is 37.6 Å². The number of urea groups is 1. The average molecular weight is 1340 g/mol. The van der Waals surface area contributed by atoms with Gasteiger partial charge in [0.1, 0.15) is 36.7 Å². The molecule has 0 radical (unpaired) electrons. The van der Waals surface area contributed by atoms with Crippen molar-refractivity contribution in [1.82, 2.24) is 46.2 Å². The molecular formula is C69H105N11O16. The zero-order chi connectivity index (χ0) is 71.7. The molecule has 27 heteroatoms. The maximum atomic E-state index is 14.8. The van der Waals surface area contributed by atoms with Crippen LogP contribution in [0.3, 0.4) is 0 Å². The molecule has 96 heavy (non-hydrogen) atoms. The largest absolute Gasteiger partial charge is 0.481 e. The molecule has 12 atom stereocenters. The number of carbonyl (C=O) groups excluding carboxylic acids is 11. The molecule has 1 fully saturated rings. The predicted molar refractivity (Wildman–Crippen MR) is 359 cm³/mol. The summed E-state index contributed by atoms with van der Waals surface area (Å²) in [5.41, 5.74) is 6.63. The monoisotopic (exact) mass is 1340 g/mol. The summed E-state index contributed by atoms with van der Waals surface area (Å²) in [7, 11) is 6.00. The van der Waals surface area contributed by atoms with Crippen LogP contribution in [-0.2, 0) is 68.8 Å². The molecule has 2 aromatic rings. The number of aliphatic carboxylic acids is 1. The molecule has 2 heterocycles. The van der Waals surface area contributed by atoms with Gasteiger partial charge in [-0.2, -0.15) is 0 Å². The molecule has 12 amide bonds. The van der Waals surface area contributed by atoms with Crippen LogP contribution >= 0.6 is 0 Å². The number of unbranched alkanes of at least 4 members (excludes halogenated alkanes) is 2. The van der Waals surface area contributed by atoms with Gasteiger partial charge >= 0.3 is 18.1 Å². The Morgan fingerprint density at radius 1 is 0.708 bits per heavy atom. The lowest BCUT2D eigenvalue weighted by Crippen LogP contribution is -2.60. The zero-order valence-electron chi connectivity index (χ0n) is 58.3. The maximum absolute atomic E-state index is 14.8. The molecule has 0 spiro atoms. The lowest BCUT2D eigenvalue weighted by molar-refractivity contribution is -0.148. The summed E-state index contributed by atoms with van der Waals surface area (Å²) >= 11 is 0. The summed E-state index contributed by atoms with van der Waals surface area (Å²) in [6.45, 7) is 18.3. The molecule has 27 nitrogen and oxygen atoms in total. The van der Waals surface area contributed by atoms with E-state index in [9.17, 15) is 62.6 Å². The average Bonchev–Trinajstić information content (AvgIpc) is 1.58. The first-order valence-electron chi connectivity index (χ1n) is 33.3. The van der Waals surface area contributed by atoms with Gasteiger partial charge in [0.15, 0.2) is 0 Å². The minimum Gasteiger partial charge on any atom is -0.481 e. The number of ether oxygens (including phenoxy) is 3. The molecule has 0 aromatic heterocycles. The number of primary amides is 1. The van der Waals surface area contributed by atoms with Crippen molar-refractivity contribution < 1.29 is 76.9 Å². The first kappa shape index (κ1) is 80.0. The summed E-state index contributed by atoms with van der Waals surface area (Å²) < 4.78 is 17.7. The maximum Gasteiger partial charge on any atom is 0.410 e. The van der Waals surface area contributed by atoms with Gasteiger partial charge < -0.3 is 66.8 Å². The fraction of sp³-hybridized carbons (Fsp3) is 0.623. The van der Waals surface area contributed by atoms with Gasteiger partial charge in [-0.1, -0.05) is 118 Å². The number of carboxylic acids is 1. The fourth-order valence-electron chi connectivity index (χ4n) is 12.4. The minimum atomic E-state index is -1.12. The Kier molecular flexibility index (Phi) is 32.4. The normalized spacial score (nSPS) is 17.2. The Morgan fingerprint density at radius 2 is 1.34 bits per heavy atom. The number of nitrogens with two attached hydrogens (primary N) is 1. The van der Waals surface area contributed by atoms with Crippen molar-refractivity contribution in [2.24, 2.45) is 35.3 Å². The van der Waals surface area contributed by atoms with E-state index in [1.807, 2.05) is 13.8 Å². The molecule has 9 N–H and O–H groups in total. The third-order valence-electron chi connectivity index (χ3n) is 18.0. The van der Waals surface area contributed by atoms with Crippen LogP contribution in [0.5, 0.6) is 0 Å². The van der Waals surface area contributed by atoms with Crippen LogP contribution in [0, 0.1) is 29.6 Å². The first-order valence-corrected chi connectivity index (χ1v) is 33.3. The van der Waals surface area contributed by atoms with Crippen LogP contribution in [0.1, 0.15) is 150 Å². The summed E-state index contributed by atoms with van der Waals surface area (Å²) in [6.07, 6.45) is 3.60. The van der Waals surface area contributed by atoms with Gasteiger partial charge in [0.05, 0.1) is 36.6 Å². The lowest BCUT2D eigenvalue weighted by atomic mass is 9.89. The van der Waals surface area contributed by atoms with E-state index in [-0.39, 0.29) is 74.9 Å². The van der Waals surface area contributed by atoms with Gasteiger partial charge in [0.25, 0.3) is 11.8 Å². The highest BCUT2D eigenvalue weighted by molar-refractivity contribution is 6.12. The highest BCUT2D eigenvalue weighted by atomic mass is 16.6. The highest BCUT2D eigenvalue weighted by Crippen LogP contribution is 2.31. The van der Waals surface area contributed by atoms with Crippen LogP contribution in [-0.4, -0.2) is 198 Å². The lowest BCUT2D eigenvalue weighted by Gasteiger charge is -2.41. The van der Waals surface area contributed by atoms with Gasteiger partial charge in [-0.15, -0.1) is 0 Å². The number of hydrogen-bond acceptors (Lipinski definition) is 15. The SMILES string of the molecule is CC[C@H](C)[C@@H]([C@@H](CC(=O)N1CCC[C@H]1[C@H](OC)[C@@H](C)C(=O)N[C@H](C)[C@@H](C(=O)O)c1ccccc1)OC)N(C)C(=O)[C@@H](NC(=O)[C@H](C(C)C)N(C)C(=O)OCc1ccc(NC(=O)[C@H](CCCNC(N)=O)NC(=O)[C@@H](NC(=O)CCCCCN2C(=O)C=CC2=O)C(C)C)cc1)C(C)C. The van der Waals surface area contributed by atoms with E-state index in [0.717, 1.165) is 9.80 Å². The Hall–Kier alpha value is -8.46.